The summed E-state index contributed by atoms with van der Waals surface area (Å²) < 4.78 is 27.6. The molecule has 0 bridgehead atoms. The smallest absolute Gasteiger partial charge is 0.280 e. The van der Waals surface area contributed by atoms with Crippen molar-refractivity contribution in [2.45, 2.75) is 4.90 Å². The fraction of sp³-hybridized carbons (Fsp3) is 0. The zero-order valence-corrected chi connectivity index (χ0v) is 17.7. The van der Waals surface area contributed by atoms with Gasteiger partial charge in [0.05, 0.1) is 15.5 Å². The molecule has 0 radical (unpaired) electrons. The highest BCUT2D eigenvalue weighted by molar-refractivity contribution is 7.92. The number of rotatable bonds is 6. The van der Waals surface area contributed by atoms with Gasteiger partial charge < -0.3 is 0 Å². The minimum Gasteiger partial charge on any atom is -0.280 e. The van der Waals surface area contributed by atoms with Crippen LogP contribution in [0.4, 0.5) is 11.4 Å². The predicted octanol–water partition coefficient (Wildman–Crippen LogP) is 3.12. The molecular weight excluding hydrogens is 460 g/mol. The number of nitrogens with one attached hydrogen (secondary N) is 3. The maximum atomic E-state index is 12.6. The lowest BCUT2D eigenvalue weighted by Gasteiger charge is -2.11. The Morgan fingerprint density at radius 1 is 0.875 bits per heavy atom. The Bertz CT molecular complexity index is 1310. The molecule has 0 saturated heterocycles. The first-order valence-electron chi connectivity index (χ1n) is 8.90. The molecule has 3 aromatic carbocycles. The van der Waals surface area contributed by atoms with Crippen LogP contribution in [0, 0.1) is 10.1 Å². The molecule has 0 aliphatic carbocycles. The van der Waals surface area contributed by atoms with Gasteiger partial charge in [-0.2, -0.15) is 0 Å². The van der Waals surface area contributed by atoms with Crippen LogP contribution < -0.4 is 15.6 Å². The number of amides is 2. The summed E-state index contributed by atoms with van der Waals surface area (Å²) in [5, 5.41) is 11.4. The quantitative estimate of drug-likeness (QED) is 0.369. The summed E-state index contributed by atoms with van der Waals surface area (Å²) in [5.74, 6) is -1.73. The summed E-state index contributed by atoms with van der Waals surface area (Å²) >= 11 is 5.86. The number of nitro groups is 1. The van der Waals surface area contributed by atoms with E-state index in [0.29, 0.717) is 5.02 Å². The van der Waals surface area contributed by atoms with Gasteiger partial charge in [-0.15, -0.1) is 0 Å². The Labute approximate surface area is 187 Å². The molecule has 3 rings (SSSR count). The van der Waals surface area contributed by atoms with Crippen molar-refractivity contribution in [2.75, 3.05) is 4.72 Å². The maximum Gasteiger partial charge on any atom is 0.282 e. The number of hydrogen-bond acceptors (Lipinski definition) is 6. The Hall–Kier alpha value is -3.96. The maximum absolute atomic E-state index is 12.6. The number of sulfonamides is 1. The molecule has 32 heavy (non-hydrogen) atoms. The molecule has 0 unspecified atom stereocenters. The fourth-order valence-corrected chi connectivity index (χ4v) is 3.93. The highest BCUT2D eigenvalue weighted by atomic mass is 35.5. The molecule has 3 N–H and O–H groups in total. The Kier molecular flexibility index (Phi) is 6.71. The van der Waals surface area contributed by atoms with Gasteiger partial charge in [0.2, 0.25) is 0 Å². The van der Waals surface area contributed by atoms with Gasteiger partial charge in [0.1, 0.15) is 5.56 Å². The average Bonchev–Trinajstić information content (AvgIpc) is 2.77. The first-order chi connectivity index (χ1) is 15.2. The van der Waals surface area contributed by atoms with E-state index in [1.165, 1.54) is 48.5 Å². The van der Waals surface area contributed by atoms with E-state index in [1.807, 2.05) is 0 Å². The number of hydrazine groups is 1. The fourth-order valence-electron chi connectivity index (χ4n) is 2.65. The van der Waals surface area contributed by atoms with Gasteiger partial charge in [-0.1, -0.05) is 35.9 Å². The van der Waals surface area contributed by atoms with Crippen LogP contribution in [0.25, 0.3) is 0 Å². The second-order valence-electron chi connectivity index (χ2n) is 6.33. The van der Waals surface area contributed by atoms with E-state index in [9.17, 15) is 28.1 Å². The van der Waals surface area contributed by atoms with Crippen molar-refractivity contribution in [3.8, 4) is 0 Å². The summed E-state index contributed by atoms with van der Waals surface area (Å²) in [5.41, 5.74) is 3.67. The van der Waals surface area contributed by atoms with E-state index in [4.69, 9.17) is 11.6 Å². The monoisotopic (exact) mass is 474 g/mol. The number of nitrogens with zero attached hydrogens (tertiary/aromatic N) is 1. The minimum absolute atomic E-state index is 0.0677. The molecule has 0 spiro atoms. The normalized spacial score (nSPS) is 10.8. The van der Waals surface area contributed by atoms with E-state index in [2.05, 4.69) is 15.6 Å². The summed E-state index contributed by atoms with van der Waals surface area (Å²) in [6.07, 6.45) is 0. The van der Waals surface area contributed by atoms with Gasteiger partial charge in [-0.3, -0.25) is 35.3 Å². The third kappa shape index (κ3) is 5.39. The van der Waals surface area contributed by atoms with Gasteiger partial charge in [-0.25, -0.2) is 8.42 Å². The summed E-state index contributed by atoms with van der Waals surface area (Å²) in [6.45, 7) is 0. The van der Waals surface area contributed by atoms with Crippen LogP contribution in [0.3, 0.4) is 0 Å². The molecule has 0 atom stereocenters. The van der Waals surface area contributed by atoms with E-state index >= 15 is 0 Å². The lowest BCUT2D eigenvalue weighted by atomic mass is 10.2. The number of carbonyl (C=O) groups excluding carboxylic acids is 2. The summed E-state index contributed by atoms with van der Waals surface area (Å²) in [7, 11) is -4.03. The van der Waals surface area contributed by atoms with Crippen LogP contribution in [0.5, 0.6) is 0 Å². The number of carbonyl (C=O) groups is 2. The van der Waals surface area contributed by atoms with E-state index in [1.54, 1.807) is 12.1 Å². The highest BCUT2D eigenvalue weighted by Gasteiger charge is 2.20. The van der Waals surface area contributed by atoms with Gasteiger partial charge in [-0.05, 0) is 42.5 Å². The molecule has 0 heterocycles. The summed E-state index contributed by atoms with van der Waals surface area (Å²) in [4.78, 5) is 34.7. The number of benzene rings is 3. The SMILES string of the molecule is O=C(NNC(=O)c1ccccc1[N+](=O)[O-])c1cccc(S(=O)(=O)Nc2cccc(Cl)c2)c1. The zero-order chi connectivity index (χ0) is 23.3. The Morgan fingerprint density at radius 3 is 2.28 bits per heavy atom. The topological polar surface area (TPSA) is 148 Å². The van der Waals surface area contributed by atoms with E-state index < -0.39 is 32.4 Å². The van der Waals surface area contributed by atoms with E-state index in [-0.39, 0.29) is 21.7 Å². The molecule has 0 aromatic heterocycles. The van der Waals surface area contributed by atoms with Crippen LogP contribution in [0.15, 0.2) is 77.7 Å². The van der Waals surface area contributed by atoms with Crippen molar-refractivity contribution in [1.82, 2.24) is 10.9 Å². The predicted molar refractivity (Wildman–Crippen MR) is 117 cm³/mol. The molecule has 12 heteroatoms. The lowest BCUT2D eigenvalue weighted by Crippen LogP contribution is -2.41. The molecule has 164 valence electrons. The number of hydrogen-bond donors (Lipinski definition) is 3. The number of halogens is 1. The molecule has 2 amide bonds. The van der Waals surface area contributed by atoms with Crippen molar-refractivity contribution in [3.05, 3.63) is 99.1 Å². The zero-order valence-electron chi connectivity index (χ0n) is 16.1. The largest absolute Gasteiger partial charge is 0.282 e. The Balaban J connectivity index is 1.73. The van der Waals surface area contributed by atoms with E-state index in [0.717, 1.165) is 12.1 Å². The third-order valence-corrected chi connectivity index (χ3v) is 5.73. The summed E-state index contributed by atoms with van der Waals surface area (Å²) in [6, 6.07) is 16.4. The molecule has 0 aliphatic rings. The molecule has 0 saturated carbocycles. The van der Waals surface area contributed by atoms with Crippen LogP contribution in [-0.4, -0.2) is 25.2 Å². The standard InChI is InChI=1S/C20H15ClN4O6S/c21-14-6-4-7-15(12-14)24-32(30,31)16-8-3-5-13(11-16)19(26)22-23-20(27)17-9-1-2-10-18(17)25(28)29/h1-12,24H,(H,22,26)(H,23,27). The number of para-hydroxylation sites is 1. The van der Waals surface area contributed by atoms with Gasteiger partial charge in [0, 0.05) is 16.7 Å². The second-order valence-corrected chi connectivity index (χ2v) is 8.45. The number of anilines is 1. The Morgan fingerprint density at radius 2 is 1.56 bits per heavy atom. The number of nitro benzene ring substituents is 1. The van der Waals surface area contributed by atoms with Crippen molar-refractivity contribution in [3.63, 3.8) is 0 Å². The first kappa shape index (κ1) is 22.7. The molecule has 10 nitrogen and oxygen atoms in total. The van der Waals surface area contributed by atoms with Crippen LogP contribution in [-0.2, 0) is 10.0 Å². The minimum atomic E-state index is -4.03. The highest BCUT2D eigenvalue weighted by Crippen LogP contribution is 2.20. The van der Waals surface area contributed by atoms with Crippen LogP contribution in [0.1, 0.15) is 20.7 Å². The molecular formula is C20H15ClN4O6S. The lowest BCUT2D eigenvalue weighted by molar-refractivity contribution is -0.385. The van der Waals surface area contributed by atoms with Gasteiger partial charge in [0.25, 0.3) is 27.5 Å². The molecule has 0 fully saturated rings. The first-order valence-corrected chi connectivity index (χ1v) is 10.8. The van der Waals surface area contributed by atoms with Crippen molar-refractivity contribution in [2.24, 2.45) is 0 Å². The average molecular weight is 475 g/mol. The molecule has 3 aromatic rings. The van der Waals surface area contributed by atoms with Crippen molar-refractivity contribution in [1.29, 1.82) is 0 Å². The third-order valence-electron chi connectivity index (χ3n) is 4.12. The van der Waals surface area contributed by atoms with Crippen LogP contribution >= 0.6 is 11.6 Å². The van der Waals surface area contributed by atoms with Crippen molar-refractivity contribution < 1.29 is 22.9 Å². The van der Waals surface area contributed by atoms with Gasteiger partial charge >= 0.3 is 0 Å². The molecule has 0 aliphatic heterocycles. The van der Waals surface area contributed by atoms with Crippen LogP contribution in [0.2, 0.25) is 5.02 Å². The van der Waals surface area contributed by atoms with Crippen molar-refractivity contribution >= 4 is 44.8 Å². The second kappa shape index (κ2) is 9.45. The van der Waals surface area contributed by atoms with Gasteiger partial charge in [0.15, 0.2) is 0 Å².